The van der Waals surface area contributed by atoms with Gasteiger partial charge in [-0.05, 0) is 25.0 Å². The summed E-state index contributed by atoms with van der Waals surface area (Å²) in [5.41, 5.74) is 2.74. The van der Waals surface area contributed by atoms with Crippen molar-refractivity contribution in [3.8, 4) is 0 Å². The van der Waals surface area contributed by atoms with E-state index in [0.29, 0.717) is 6.42 Å². The Hall–Kier alpha value is -1.56. The average molecular weight is 280 g/mol. The SMILES string of the molecule is Cc1cccc2c1NC(=O)CN2C1CCS(=O)(=O)C1. The van der Waals surface area contributed by atoms with Crippen LogP contribution in [-0.4, -0.2) is 38.4 Å². The van der Waals surface area contributed by atoms with Gasteiger partial charge in [-0.15, -0.1) is 0 Å². The van der Waals surface area contributed by atoms with Gasteiger partial charge < -0.3 is 10.2 Å². The van der Waals surface area contributed by atoms with E-state index in [2.05, 4.69) is 5.32 Å². The van der Waals surface area contributed by atoms with Crippen LogP contribution in [0.5, 0.6) is 0 Å². The molecule has 5 nitrogen and oxygen atoms in total. The van der Waals surface area contributed by atoms with E-state index in [4.69, 9.17) is 0 Å². The molecule has 1 saturated heterocycles. The van der Waals surface area contributed by atoms with Gasteiger partial charge in [0.1, 0.15) is 0 Å². The quantitative estimate of drug-likeness (QED) is 0.831. The highest BCUT2D eigenvalue weighted by atomic mass is 32.2. The lowest BCUT2D eigenvalue weighted by Gasteiger charge is -2.35. The molecule has 0 radical (unpaired) electrons. The summed E-state index contributed by atoms with van der Waals surface area (Å²) >= 11 is 0. The molecule has 1 aromatic rings. The van der Waals surface area contributed by atoms with Crippen LogP contribution in [-0.2, 0) is 14.6 Å². The zero-order valence-electron chi connectivity index (χ0n) is 10.7. The third-order valence-electron chi connectivity index (χ3n) is 3.79. The topological polar surface area (TPSA) is 66.5 Å². The molecule has 1 atom stereocenters. The smallest absolute Gasteiger partial charge is 0.243 e. The number of anilines is 2. The van der Waals surface area contributed by atoms with Gasteiger partial charge >= 0.3 is 0 Å². The molecule has 0 bridgehead atoms. The molecule has 0 aliphatic carbocycles. The van der Waals surface area contributed by atoms with E-state index >= 15 is 0 Å². The Kier molecular flexibility index (Phi) is 2.78. The van der Waals surface area contributed by atoms with E-state index < -0.39 is 9.84 Å². The van der Waals surface area contributed by atoms with Gasteiger partial charge in [-0.25, -0.2) is 8.42 Å². The first kappa shape index (κ1) is 12.5. The van der Waals surface area contributed by atoms with Crippen LogP contribution in [0.2, 0.25) is 0 Å². The van der Waals surface area contributed by atoms with Crippen molar-refractivity contribution in [1.82, 2.24) is 0 Å². The summed E-state index contributed by atoms with van der Waals surface area (Å²) < 4.78 is 23.2. The lowest BCUT2D eigenvalue weighted by molar-refractivity contribution is -0.115. The number of amides is 1. The van der Waals surface area contributed by atoms with Crippen molar-refractivity contribution < 1.29 is 13.2 Å². The molecule has 1 aromatic carbocycles. The summed E-state index contributed by atoms with van der Waals surface area (Å²) in [5.74, 6) is 0.288. The number of rotatable bonds is 1. The molecule has 102 valence electrons. The maximum Gasteiger partial charge on any atom is 0.243 e. The first-order chi connectivity index (χ1) is 8.96. The Morgan fingerprint density at radius 1 is 1.37 bits per heavy atom. The highest BCUT2D eigenvalue weighted by molar-refractivity contribution is 7.91. The van der Waals surface area contributed by atoms with Gasteiger partial charge in [0.05, 0.1) is 29.4 Å². The fourth-order valence-electron chi connectivity index (χ4n) is 2.82. The van der Waals surface area contributed by atoms with Gasteiger partial charge in [0.25, 0.3) is 0 Å². The van der Waals surface area contributed by atoms with E-state index in [-0.39, 0.29) is 30.0 Å². The number of hydrogen-bond donors (Lipinski definition) is 1. The number of nitrogens with zero attached hydrogens (tertiary/aromatic N) is 1. The van der Waals surface area contributed by atoms with Crippen molar-refractivity contribution in [1.29, 1.82) is 0 Å². The third kappa shape index (κ3) is 2.20. The van der Waals surface area contributed by atoms with Crippen LogP contribution < -0.4 is 10.2 Å². The van der Waals surface area contributed by atoms with E-state index in [1.54, 1.807) is 0 Å². The van der Waals surface area contributed by atoms with Crippen molar-refractivity contribution in [2.24, 2.45) is 0 Å². The second kappa shape index (κ2) is 4.23. The summed E-state index contributed by atoms with van der Waals surface area (Å²) in [6.45, 7) is 2.17. The summed E-state index contributed by atoms with van der Waals surface area (Å²) in [7, 11) is -2.95. The van der Waals surface area contributed by atoms with Crippen LogP contribution in [0.1, 0.15) is 12.0 Å². The molecule has 3 rings (SSSR count). The normalized spacial score (nSPS) is 25.0. The van der Waals surface area contributed by atoms with Crippen molar-refractivity contribution in [2.75, 3.05) is 28.3 Å². The number of carbonyl (C=O) groups excluding carboxylic acids is 1. The van der Waals surface area contributed by atoms with Crippen LogP contribution in [0.4, 0.5) is 11.4 Å². The molecule has 6 heteroatoms. The lowest BCUT2D eigenvalue weighted by atomic mass is 10.1. The molecule has 1 N–H and O–H groups in total. The number of benzene rings is 1. The second-order valence-electron chi connectivity index (χ2n) is 5.20. The van der Waals surface area contributed by atoms with Crippen LogP contribution in [0.15, 0.2) is 18.2 Å². The molecule has 1 unspecified atom stereocenters. The Balaban J connectivity index is 2.00. The monoisotopic (exact) mass is 280 g/mol. The summed E-state index contributed by atoms with van der Waals surface area (Å²) in [6.07, 6.45) is 0.600. The first-order valence-corrected chi connectivity index (χ1v) is 8.15. The number of hydrogen-bond acceptors (Lipinski definition) is 4. The number of para-hydroxylation sites is 1. The van der Waals surface area contributed by atoms with E-state index in [0.717, 1.165) is 16.9 Å². The van der Waals surface area contributed by atoms with Gasteiger partial charge in [0, 0.05) is 6.04 Å². The lowest BCUT2D eigenvalue weighted by Crippen LogP contribution is -2.45. The molecular weight excluding hydrogens is 264 g/mol. The third-order valence-corrected chi connectivity index (χ3v) is 5.54. The molecular formula is C13H16N2O3S. The molecule has 0 spiro atoms. The van der Waals surface area contributed by atoms with Crippen molar-refractivity contribution in [3.63, 3.8) is 0 Å². The van der Waals surface area contributed by atoms with E-state index in [1.165, 1.54) is 0 Å². The minimum absolute atomic E-state index is 0.0777. The summed E-state index contributed by atoms with van der Waals surface area (Å²) in [4.78, 5) is 13.7. The predicted octanol–water partition coefficient (Wildman–Crippen LogP) is 0.941. The maximum absolute atomic E-state index is 11.8. The second-order valence-corrected chi connectivity index (χ2v) is 7.43. The van der Waals surface area contributed by atoms with E-state index in [1.807, 2.05) is 30.0 Å². The zero-order chi connectivity index (χ0) is 13.6. The fraction of sp³-hybridized carbons (Fsp3) is 0.462. The highest BCUT2D eigenvalue weighted by Gasteiger charge is 2.36. The van der Waals surface area contributed by atoms with Crippen molar-refractivity contribution in [2.45, 2.75) is 19.4 Å². The van der Waals surface area contributed by atoms with Gasteiger partial charge in [0.15, 0.2) is 9.84 Å². The van der Waals surface area contributed by atoms with E-state index in [9.17, 15) is 13.2 Å². The van der Waals surface area contributed by atoms with Crippen LogP contribution in [0.3, 0.4) is 0 Å². The van der Waals surface area contributed by atoms with Crippen molar-refractivity contribution in [3.05, 3.63) is 23.8 Å². The number of carbonyl (C=O) groups is 1. The van der Waals surface area contributed by atoms with Gasteiger partial charge in [-0.3, -0.25) is 4.79 Å². The number of aryl methyl sites for hydroxylation is 1. The average Bonchev–Trinajstić information content (AvgIpc) is 2.70. The Morgan fingerprint density at radius 3 is 2.84 bits per heavy atom. The standard InChI is InChI=1S/C13H16N2O3S/c1-9-3-2-4-11-13(9)14-12(16)7-15(11)10-5-6-19(17,18)8-10/h2-4,10H,5-8H2,1H3,(H,14,16). The van der Waals surface area contributed by atoms with Crippen LogP contribution in [0.25, 0.3) is 0 Å². The summed E-state index contributed by atoms with van der Waals surface area (Å²) in [5, 5.41) is 2.87. The van der Waals surface area contributed by atoms with Gasteiger partial charge in [0.2, 0.25) is 5.91 Å². The van der Waals surface area contributed by atoms with Gasteiger partial charge in [-0.1, -0.05) is 12.1 Å². The molecule has 0 aromatic heterocycles. The predicted molar refractivity (Wildman–Crippen MR) is 74.2 cm³/mol. The van der Waals surface area contributed by atoms with Gasteiger partial charge in [-0.2, -0.15) is 0 Å². The molecule has 2 heterocycles. The van der Waals surface area contributed by atoms with Crippen molar-refractivity contribution >= 4 is 27.1 Å². The minimum Gasteiger partial charge on any atom is -0.356 e. The molecule has 1 fully saturated rings. The number of nitrogens with one attached hydrogen (secondary N) is 1. The maximum atomic E-state index is 11.8. The largest absolute Gasteiger partial charge is 0.356 e. The number of sulfone groups is 1. The highest BCUT2D eigenvalue weighted by Crippen LogP contribution is 2.35. The van der Waals surface area contributed by atoms with Crippen LogP contribution >= 0.6 is 0 Å². The molecule has 19 heavy (non-hydrogen) atoms. The molecule has 2 aliphatic heterocycles. The Bertz CT molecular complexity index is 639. The minimum atomic E-state index is -2.95. The summed E-state index contributed by atoms with van der Waals surface area (Å²) in [6, 6.07) is 5.72. The Morgan fingerprint density at radius 2 is 2.16 bits per heavy atom. The fourth-order valence-corrected chi connectivity index (χ4v) is 4.55. The molecule has 0 saturated carbocycles. The number of fused-ring (bicyclic) bond motifs is 1. The Labute approximate surface area is 112 Å². The molecule has 2 aliphatic rings. The van der Waals surface area contributed by atoms with Crippen LogP contribution in [0, 0.1) is 6.92 Å². The molecule has 1 amide bonds. The zero-order valence-corrected chi connectivity index (χ0v) is 11.5. The first-order valence-electron chi connectivity index (χ1n) is 6.33.